The van der Waals surface area contributed by atoms with Crippen molar-refractivity contribution in [3.8, 4) is 22.4 Å². The average Bonchev–Trinajstić information content (AvgIpc) is 3.10. The summed E-state index contributed by atoms with van der Waals surface area (Å²) in [5, 5.41) is 15.0. The van der Waals surface area contributed by atoms with Crippen molar-refractivity contribution in [3.63, 3.8) is 0 Å². The zero-order valence-corrected chi connectivity index (χ0v) is 15.5. The quantitative estimate of drug-likeness (QED) is 0.316. The van der Waals surface area contributed by atoms with Gasteiger partial charge in [-0.2, -0.15) is 0 Å². The van der Waals surface area contributed by atoms with Gasteiger partial charge in [-0.05, 0) is 42.8 Å². The Morgan fingerprint density at radius 2 is 2.14 bits per heavy atom. The zero-order valence-electron chi connectivity index (χ0n) is 15.5. The predicted octanol–water partition coefficient (Wildman–Crippen LogP) is 3.10. The van der Waals surface area contributed by atoms with Crippen LogP contribution in [0.2, 0.25) is 0 Å². The molecule has 0 bridgehead atoms. The first-order chi connectivity index (χ1) is 14.0. The molecule has 29 heavy (non-hydrogen) atoms. The van der Waals surface area contributed by atoms with Crippen LogP contribution in [-0.4, -0.2) is 32.7 Å². The van der Waals surface area contributed by atoms with Crippen molar-refractivity contribution < 1.29 is 19.1 Å². The highest BCUT2D eigenvalue weighted by Gasteiger charge is 2.17. The Balaban J connectivity index is 1.91. The van der Waals surface area contributed by atoms with Gasteiger partial charge in [0.05, 0.1) is 11.1 Å². The number of imidazole rings is 1. The van der Waals surface area contributed by atoms with E-state index in [-0.39, 0.29) is 11.6 Å². The van der Waals surface area contributed by atoms with Gasteiger partial charge >= 0.3 is 6.03 Å². The molecule has 0 spiro atoms. The van der Waals surface area contributed by atoms with Gasteiger partial charge < -0.3 is 10.3 Å². The molecule has 9 heteroatoms. The van der Waals surface area contributed by atoms with Crippen LogP contribution in [0.5, 0.6) is 0 Å². The largest absolute Gasteiger partial charge is 0.338 e. The number of hydrogen-bond donors (Lipinski definition) is 4. The lowest BCUT2D eigenvalue weighted by atomic mass is 10.0. The van der Waals surface area contributed by atoms with Crippen molar-refractivity contribution in [2.45, 2.75) is 6.92 Å². The van der Waals surface area contributed by atoms with E-state index in [0.717, 1.165) is 4.73 Å². The molecule has 0 saturated heterocycles. The number of benzene rings is 1. The van der Waals surface area contributed by atoms with E-state index in [1.165, 1.54) is 30.7 Å². The van der Waals surface area contributed by atoms with E-state index < -0.39 is 11.8 Å². The van der Waals surface area contributed by atoms with Crippen LogP contribution in [0.1, 0.15) is 6.92 Å². The molecular weight excluding hydrogens is 375 g/mol. The number of nitrogens with zero attached hydrogens (tertiary/aromatic N) is 3. The summed E-state index contributed by atoms with van der Waals surface area (Å²) < 4.78 is 15.4. The molecule has 4 aromatic rings. The summed E-state index contributed by atoms with van der Waals surface area (Å²) in [7, 11) is 0. The number of carbonyl (C=O) groups is 1. The number of pyridine rings is 2. The standard InChI is InChI=1S/C20H17FN6O2/c1-2-22-20(28)26-19-24-16-10-13(12-5-4-8-27(29)11-12)9-14(18(16)25-19)17-15(21)6-3-7-23-17/h3-11H,2H2,1H3,(H3-,22,23,24,25,26,28,29)/p+1. The highest BCUT2D eigenvalue weighted by molar-refractivity contribution is 5.98. The highest BCUT2D eigenvalue weighted by Crippen LogP contribution is 2.33. The summed E-state index contributed by atoms with van der Waals surface area (Å²) in [6, 6.07) is 9.50. The van der Waals surface area contributed by atoms with Gasteiger partial charge in [0.25, 0.3) is 0 Å². The second kappa shape index (κ2) is 7.55. The number of nitrogens with one attached hydrogen (secondary N) is 3. The maximum Gasteiger partial charge on any atom is 0.321 e. The molecule has 0 aliphatic carbocycles. The number of halogens is 1. The first-order valence-corrected chi connectivity index (χ1v) is 8.95. The third-order valence-corrected chi connectivity index (χ3v) is 4.29. The van der Waals surface area contributed by atoms with Gasteiger partial charge in [0.2, 0.25) is 18.3 Å². The number of fused-ring (bicyclic) bond motifs is 1. The van der Waals surface area contributed by atoms with Gasteiger partial charge in [0.15, 0.2) is 0 Å². The van der Waals surface area contributed by atoms with Crippen LogP contribution in [0, 0.1) is 5.82 Å². The van der Waals surface area contributed by atoms with Crippen molar-refractivity contribution in [1.29, 1.82) is 0 Å². The van der Waals surface area contributed by atoms with Gasteiger partial charge in [-0.15, -0.1) is 0 Å². The second-order valence-corrected chi connectivity index (χ2v) is 6.30. The number of aromatic amines is 1. The molecule has 4 N–H and O–H groups in total. The predicted molar refractivity (Wildman–Crippen MR) is 105 cm³/mol. The molecule has 0 atom stereocenters. The van der Waals surface area contributed by atoms with Crippen molar-refractivity contribution in [2.24, 2.45) is 0 Å². The van der Waals surface area contributed by atoms with Crippen molar-refractivity contribution >= 4 is 23.0 Å². The first-order valence-electron chi connectivity index (χ1n) is 8.95. The zero-order chi connectivity index (χ0) is 20.4. The number of carbonyl (C=O) groups excluding carboxylic acids is 1. The SMILES string of the molecule is CCNC(=O)Nc1nc2c(-c3ncccc3F)cc(-c3ccc[n+](O)c3)cc2[nH]1. The number of rotatable bonds is 4. The molecular formula is C20H18FN6O2+. The Morgan fingerprint density at radius 1 is 1.28 bits per heavy atom. The summed E-state index contributed by atoms with van der Waals surface area (Å²) in [4.78, 5) is 23.5. The molecule has 2 amide bonds. The minimum atomic E-state index is -0.488. The normalized spacial score (nSPS) is 10.8. The van der Waals surface area contributed by atoms with Crippen molar-refractivity contribution in [3.05, 3.63) is 60.8 Å². The summed E-state index contributed by atoms with van der Waals surface area (Å²) in [5.74, 6) is -0.261. The van der Waals surface area contributed by atoms with E-state index >= 15 is 0 Å². The Hall–Kier alpha value is -4.01. The minimum Gasteiger partial charge on any atom is -0.338 e. The van der Waals surface area contributed by atoms with Gasteiger partial charge in [0, 0.05) is 29.1 Å². The van der Waals surface area contributed by atoms with Gasteiger partial charge in [0.1, 0.15) is 17.0 Å². The number of amides is 2. The second-order valence-electron chi connectivity index (χ2n) is 6.30. The van der Waals surface area contributed by atoms with E-state index in [0.29, 0.717) is 34.3 Å². The van der Waals surface area contributed by atoms with Crippen LogP contribution in [0.25, 0.3) is 33.4 Å². The van der Waals surface area contributed by atoms with Crippen LogP contribution in [0.15, 0.2) is 55.0 Å². The Morgan fingerprint density at radius 3 is 2.90 bits per heavy atom. The molecule has 0 radical (unpaired) electrons. The molecule has 1 aromatic carbocycles. The van der Waals surface area contributed by atoms with Gasteiger partial charge in [-0.1, -0.05) is 0 Å². The highest BCUT2D eigenvalue weighted by atomic mass is 19.1. The van der Waals surface area contributed by atoms with Gasteiger partial charge in [-0.25, -0.2) is 14.2 Å². The average molecular weight is 393 g/mol. The first kappa shape index (κ1) is 18.4. The van der Waals surface area contributed by atoms with Crippen LogP contribution >= 0.6 is 0 Å². The monoisotopic (exact) mass is 393 g/mol. The fourth-order valence-corrected chi connectivity index (χ4v) is 3.05. The lowest BCUT2D eigenvalue weighted by Gasteiger charge is -2.07. The third-order valence-electron chi connectivity index (χ3n) is 4.29. The smallest absolute Gasteiger partial charge is 0.321 e. The Kier molecular flexibility index (Phi) is 4.78. The molecule has 3 aromatic heterocycles. The summed E-state index contributed by atoms with van der Waals surface area (Å²) in [5.41, 5.74) is 3.08. The fraction of sp³-hybridized carbons (Fsp3) is 0.100. The van der Waals surface area contributed by atoms with Crippen LogP contribution in [-0.2, 0) is 0 Å². The third kappa shape index (κ3) is 3.70. The number of anilines is 1. The molecule has 0 aliphatic rings. The maximum atomic E-state index is 14.5. The Bertz CT molecular complexity index is 1210. The number of aromatic nitrogens is 4. The molecule has 0 unspecified atom stereocenters. The summed E-state index contributed by atoms with van der Waals surface area (Å²) >= 11 is 0. The molecule has 8 nitrogen and oxygen atoms in total. The van der Waals surface area contributed by atoms with E-state index in [1.807, 2.05) is 12.1 Å². The number of urea groups is 1. The molecule has 0 saturated carbocycles. The topological polar surface area (TPSA) is 107 Å². The molecule has 146 valence electrons. The van der Waals surface area contributed by atoms with E-state index in [2.05, 4.69) is 25.6 Å². The van der Waals surface area contributed by atoms with Crippen molar-refractivity contribution in [1.82, 2.24) is 20.3 Å². The molecule has 0 aliphatic heterocycles. The summed E-state index contributed by atoms with van der Waals surface area (Å²) in [6.45, 7) is 2.27. The minimum absolute atomic E-state index is 0.142. The van der Waals surface area contributed by atoms with Crippen LogP contribution in [0.4, 0.5) is 15.1 Å². The number of hydrogen-bond acceptors (Lipinski definition) is 4. The van der Waals surface area contributed by atoms with Crippen LogP contribution in [0.3, 0.4) is 0 Å². The Labute approximate surface area is 165 Å². The molecule has 3 heterocycles. The van der Waals surface area contributed by atoms with E-state index in [9.17, 15) is 14.4 Å². The summed E-state index contributed by atoms with van der Waals surface area (Å²) in [6.07, 6.45) is 4.53. The van der Waals surface area contributed by atoms with Gasteiger partial charge in [-0.3, -0.25) is 15.5 Å². The maximum absolute atomic E-state index is 14.5. The van der Waals surface area contributed by atoms with E-state index in [1.54, 1.807) is 19.1 Å². The number of H-pyrrole nitrogens is 1. The lowest BCUT2D eigenvalue weighted by Crippen LogP contribution is -2.28. The fourth-order valence-electron chi connectivity index (χ4n) is 3.05. The molecule has 0 fully saturated rings. The van der Waals surface area contributed by atoms with Crippen molar-refractivity contribution in [2.75, 3.05) is 11.9 Å². The van der Waals surface area contributed by atoms with Crippen LogP contribution < -0.4 is 15.4 Å². The lowest BCUT2D eigenvalue weighted by molar-refractivity contribution is -0.904. The van der Waals surface area contributed by atoms with E-state index in [4.69, 9.17) is 0 Å². The molecule has 4 rings (SSSR count).